The van der Waals surface area contributed by atoms with Crippen LogP contribution < -0.4 is 0 Å². The van der Waals surface area contributed by atoms with Gasteiger partial charge in [-0.15, -0.1) is 0 Å². The zero-order valence-corrected chi connectivity index (χ0v) is 12.0. The van der Waals surface area contributed by atoms with Gasteiger partial charge in [-0.1, -0.05) is 65.2 Å². The summed E-state index contributed by atoms with van der Waals surface area (Å²) in [5, 5.41) is 0. The number of ether oxygens (including phenoxy) is 1. The highest BCUT2D eigenvalue weighted by Gasteiger charge is 2.02. The summed E-state index contributed by atoms with van der Waals surface area (Å²) in [6, 6.07) is 0. The van der Waals surface area contributed by atoms with Gasteiger partial charge in [0.15, 0.2) is 0 Å². The van der Waals surface area contributed by atoms with Crippen molar-refractivity contribution in [1.82, 2.24) is 0 Å². The Labute approximate surface area is 107 Å². The van der Waals surface area contributed by atoms with Crippen molar-refractivity contribution in [1.29, 1.82) is 0 Å². The molecule has 1 atom stereocenters. The predicted molar refractivity (Wildman–Crippen MR) is 73.0 cm³/mol. The van der Waals surface area contributed by atoms with Gasteiger partial charge in [0.2, 0.25) is 0 Å². The van der Waals surface area contributed by atoms with Crippen LogP contribution >= 0.6 is 0 Å². The zero-order chi connectivity index (χ0) is 12.9. The second-order valence-electron chi connectivity index (χ2n) is 5.13. The maximum Gasteiger partial charge on any atom is 0.305 e. The van der Waals surface area contributed by atoms with Crippen LogP contribution in [0.3, 0.4) is 0 Å². The molecule has 0 heterocycles. The summed E-state index contributed by atoms with van der Waals surface area (Å²) in [4.78, 5) is 10.9. The Morgan fingerprint density at radius 1 is 1.00 bits per heavy atom. The van der Waals surface area contributed by atoms with E-state index in [1.807, 2.05) is 0 Å². The largest absolute Gasteiger partial charge is 0.469 e. The lowest BCUT2D eigenvalue weighted by Crippen LogP contribution is -1.99. The normalized spacial score (nSPS) is 12.4. The second-order valence-corrected chi connectivity index (χ2v) is 5.13. The molecule has 0 aliphatic rings. The van der Waals surface area contributed by atoms with Crippen LogP contribution in [-0.4, -0.2) is 13.1 Å². The molecule has 0 spiro atoms. The average Bonchev–Trinajstić information content (AvgIpc) is 2.33. The van der Waals surface area contributed by atoms with Crippen molar-refractivity contribution >= 4 is 5.97 Å². The molecule has 17 heavy (non-hydrogen) atoms. The Hall–Kier alpha value is -0.530. The Morgan fingerprint density at radius 2 is 1.59 bits per heavy atom. The molecular formula is C15H30O2. The minimum Gasteiger partial charge on any atom is -0.469 e. The molecule has 2 nitrogen and oxygen atoms in total. The fourth-order valence-electron chi connectivity index (χ4n) is 2.10. The lowest BCUT2D eigenvalue weighted by atomic mass is 9.96. The molecule has 1 unspecified atom stereocenters. The van der Waals surface area contributed by atoms with Crippen molar-refractivity contribution in [3.8, 4) is 0 Å². The molecule has 0 aromatic carbocycles. The highest BCUT2D eigenvalue weighted by Crippen LogP contribution is 2.17. The summed E-state index contributed by atoms with van der Waals surface area (Å²) in [7, 11) is 1.46. The SMILES string of the molecule is CCCCCC(C)CCCCCCC(=O)OC. The summed E-state index contributed by atoms with van der Waals surface area (Å²) in [5.74, 6) is 0.806. The van der Waals surface area contributed by atoms with E-state index in [1.54, 1.807) is 0 Å². The van der Waals surface area contributed by atoms with Crippen LogP contribution in [0.1, 0.15) is 78.1 Å². The fourth-order valence-corrected chi connectivity index (χ4v) is 2.10. The van der Waals surface area contributed by atoms with Crippen LogP contribution in [0.25, 0.3) is 0 Å². The van der Waals surface area contributed by atoms with E-state index in [1.165, 1.54) is 52.1 Å². The molecule has 0 aliphatic heterocycles. The average molecular weight is 242 g/mol. The summed E-state index contributed by atoms with van der Waals surface area (Å²) >= 11 is 0. The molecule has 0 saturated heterocycles. The van der Waals surface area contributed by atoms with Crippen molar-refractivity contribution in [3.63, 3.8) is 0 Å². The molecule has 0 amide bonds. The first-order valence-corrected chi connectivity index (χ1v) is 7.27. The minimum atomic E-state index is -0.0714. The summed E-state index contributed by atoms with van der Waals surface area (Å²) in [5.41, 5.74) is 0. The standard InChI is InChI=1S/C15H30O2/c1-4-5-8-11-14(2)12-9-6-7-10-13-15(16)17-3/h14H,4-13H2,1-3H3. The molecule has 2 heteroatoms. The summed E-state index contributed by atoms with van der Waals surface area (Å²) in [6.07, 6.45) is 12.1. The van der Waals surface area contributed by atoms with Crippen LogP contribution in [0.2, 0.25) is 0 Å². The van der Waals surface area contributed by atoms with Gasteiger partial charge in [-0.25, -0.2) is 0 Å². The molecule has 0 N–H and O–H groups in total. The predicted octanol–water partition coefficient (Wildman–Crippen LogP) is 4.72. The highest BCUT2D eigenvalue weighted by molar-refractivity contribution is 5.68. The van der Waals surface area contributed by atoms with Gasteiger partial charge in [-0.2, -0.15) is 0 Å². The monoisotopic (exact) mass is 242 g/mol. The third-order valence-electron chi connectivity index (χ3n) is 3.36. The van der Waals surface area contributed by atoms with Gasteiger partial charge in [0.25, 0.3) is 0 Å². The quantitative estimate of drug-likeness (QED) is 0.387. The Balaban J connectivity index is 3.18. The van der Waals surface area contributed by atoms with Gasteiger partial charge in [-0.05, 0) is 12.3 Å². The Bertz CT molecular complexity index is 178. The van der Waals surface area contributed by atoms with E-state index in [9.17, 15) is 4.79 Å². The van der Waals surface area contributed by atoms with Gasteiger partial charge >= 0.3 is 5.97 Å². The van der Waals surface area contributed by atoms with E-state index >= 15 is 0 Å². The van der Waals surface area contributed by atoms with Crippen molar-refractivity contribution in [2.75, 3.05) is 7.11 Å². The van der Waals surface area contributed by atoms with E-state index in [0.717, 1.165) is 18.8 Å². The van der Waals surface area contributed by atoms with Gasteiger partial charge in [-0.3, -0.25) is 4.79 Å². The summed E-state index contributed by atoms with van der Waals surface area (Å²) in [6.45, 7) is 4.62. The highest BCUT2D eigenvalue weighted by atomic mass is 16.5. The van der Waals surface area contributed by atoms with Crippen molar-refractivity contribution in [2.45, 2.75) is 78.1 Å². The maximum absolute atomic E-state index is 10.9. The third kappa shape index (κ3) is 11.7. The summed E-state index contributed by atoms with van der Waals surface area (Å²) < 4.78 is 4.61. The zero-order valence-electron chi connectivity index (χ0n) is 12.0. The van der Waals surface area contributed by atoms with E-state index in [2.05, 4.69) is 18.6 Å². The van der Waals surface area contributed by atoms with Crippen LogP contribution in [-0.2, 0) is 9.53 Å². The number of methoxy groups -OCH3 is 1. The van der Waals surface area contributed by atoms with Gasteiger partial charge in [0.1, 0.15) is 0 Å². The molecule has 102 valence electrons. The van der Waals surface area contributed by atoms with E-state index in [0.29, 0.717) is 6.42 Å². The molecule has 0 aliphatic carbocycles. The first kappa shape index (κ1) is 16.5. The van der Waals surface area contributed by atoms with Crippen molar-refractivity contribution in [3.05, 3.63) is 0 Å². The molecule has 0 radical (unpaired) electrons. The number of unbranched alkanes of at least 4 members (excludes halogenated alkanes) is 5. The number of esters is 1. The molecule has 0 bridgehead atoms. The van der Waals surface area contributed by atoms with Crippen LogP contribution in [0.15, 0.2) is 0 Å². The smallest absolute Gasteiger partial charge is 0.305 e. The van der Waals surface area contributed by atoms with E-state index in [4.69, 9.17) is 0 Å². The lowest BCUT2D eigenvalue weighted by Gasteiger charge is -2.10. The third-order valence-corrected chi connectivity index (χ3v) is 3.36. The number of hydrogen-bond acceptors (Lipinski definition) is 2. The molecule has 0 rings (SSSR count). The number of rotatable bonds is 11. The van der Waals surface area contributed by atoms with Crippen molar-refractivity contribution in [2.24, 2.45) is 5.92 Å². The van der Waals surface area contributed by atoms with E-state index < -0.39 is 0 Å². The first-order valence-electron chi connectivity index (χ1n) is 7.27. The molecule has 0 saturated carbocycles. The van der Waals surface area contributed by atoms with Gasteiger partial charge < -0.3 is 4.74 Å². The molecule has 0 aromatic rings. The lowest BCUT2D eigenvalue weighted by molar-refractivity contribution is -0.140. The number of hydrogen-bond donors (Lipinski definition) is 0. The van der Waals surface area contributed by atoms with Crippen LogP contribution in [0.4, 0.5) is 0 Å². The number of carbonyl (C=O) groups is 1. The minimum absolute atomic E-state index is 0.0714. The maximum atomic E-state index is 10.9. The Morgan fingerprint density at radius 3 is 2.18 bits per heavy atom. The molecule has 0 aromatic heterocycles. The first-order chi connectivity index (χ1) is 8.20. The van der Waals surface area contributed by atoms with Crippen LogP contribution in [0, 0.1) is 5.92 Å². The Kier molecular flexibility index (Phi) is 11.6. The topological polar surface area (TPSA) is 26.3 Å². The van der Waals surface area contributed by atoms with Gasteiger partial charge in [0, 0.05) is 6.42 Å². The second kappa shape index (κ2) is 11.9. The van der Waals surface area contributed by atoms with E-state index in [-0.39, 0.29) is 5.97 Å². The van der Waals surface area contributed by atoms with Gasteiger partial charge in [0.05, 0.1) is 7.11 Å². The van der Waals surface area contributed by atoms with Crippen molar-refractivity contribution < 1.29 is 9.53 Å². The fraction of sp³-hybridized carbons (Fsp3) is 0.933. The van der Waals surface area contributed by atoms with Crippen LogP contribution in [0.5, 0.6) is 0 Å². The number of carbonyl (C=O) groups excluding carboxylic acids is 1. The molecular weight excluding hydrogens is 212 g/mol. The molecule has 0 fully saturated rings.